The second-order valence-corrected chi connectivity index (χ2v) is 5.94. The highest BCUT2D eigenvalue weighted by Gasteiger charge is 2.44. The number of carboxylic acid groups (broad SMARTS) is 1. The monoisotopic (exact) mass is 300 g/mol. The summed E-state index contributed by atoms with van der Waals surface area (Å²) >= 11 is 0. The standard InChI is InChI=1S/C16H20N4O2/c1-12-10-18-20(11-12)16(15(21)22)4-7-19(8-5-16)14-3-6-17-13(2)9-14/h3,6,9-11H,4-5,7-8H2,1-2H3,(H,21,22). The van der Waals surface area contributed by atoms with Crippen molar-refractivity contribution < 1.29 is 9.90 Å². The molecule has 2 aromatic rings. The number of aromatic nitrogens is 3. The molecule has 6 heteroatoms. The van der Waals surface area contributed by atoms with Gasteiger partial charge in [0.25, 0.3) is 0 Å². The van der Waals surface area contributed by atoms with Crippen molar-refractivity contribution in [3.63, 3.8) is 0 Å². The van der Waals surface area contributed by atoms with E-state index in [4.69, 9.17) is 0 Å². The van der Waals surface area contributed by atoms with Crippen LogP contribution >= 0.6 is 0 Å². The van der Waals surface area contributed by atoms with E-state index in [9.17, 15) is 9.90 Å². The lowest BCUT2D eigenvalue weighted by atomic mass is 9.87. The number of rotatable bonds is 3. The van der Waals surface area contributed by atoms with E-state index >= 15 is 0 Å². The lowest BCUT2D eigenvalue weighted by Crippen LogP contribution is -2.51. The Kier molecular flexibility index (Phi) is 3.60. The van der Waals surface area contributed by atoms with Crippen LogP contribution in [0.4, 0.5) is 5.69 Å². The second kappa shape index (κ2) is 5.44. The van der Waals surface area contributed by atoms with Crippen LogP contribution < -0.4 is 4.90 Å². The van der Waals surface area contributed by atoms with Crippen molar-refractivity contribution in [1.29, 1.82) is 0 Å². The molecule has 22 heavy (non-hydrogen) atoms. The first-order chi connectivity index (χ1) is 10.5. The molecule has 0 amide bonds. The number of hydrogen-bond donors (Lipinski definition) is 1. The molecule has 0 spiro atoms. The van der Waals surface area contributed by atoms with Crippen molar-refractivity contribution in [2.45, 2.75) is 32.2 Å². The Labute approximate surface area is 129 Å². The van der Waals surface area contributed by atoms with Crippen LogP contribution in [-0.2, 0) is 10.3 Å². The molecule has 1 fully saturated rings. The quantitative estimate of drug-likeness (QED) is 0.938. The number of carbonyl (C=O) groups is 1. The third-order valence-corrected chi connectivity index (χ3v) is 4.38. The van der Waals surface area contributed by atoms with E-state index in [2.05, 4.69) is 15.0 Å². The summed E-state index contributed by atoms with van der Waals surface area (Å²) in [5, 5.41) is 14.0. The van der Waals surface area contributed by atoms with Crippen molar-refractivity contribution in [2.75, 3.05) is 18.0 Å². The maximum Gasteiger partial charge on any atom is 0.331 e. The van der Waals surface area contributed by atoms with Gasteiger partial charge in [0.1, 0.15) is 0 Å². The number of carboxylic acids is 1. The molecule has 2 aromatic heterocycles. The van der Waals surface area contributed by atoms with E-state index in [0.29, 0.717) is 25.9 Å². The molecular weight excluding hydrogens is 280 g/mol. The number of piperidine rings is 1. The van der Waals surface area contributed by atoms with Crippen LogP contribution in [0.25, 0.3) is 0 Å². The molecule has 6 nitrogen and oxygen atoms in total. The molecule has 0 atom stereocenters. The first kappa shape index (κ1) is 14.6. The number of aliphatic carboxylic acids is 1. The van der Waals surface area contributed by atoms with E-state index in [-0.39, 0.29) is 0 Å². The minimum Gasteiger partial charge on any atom is -0.479 e. The van der Waals surface area contributed by atoms with Crippen molar-refractivity contribution in [1.82, 2.24) is 14.8 Å². The number of nitrogens with zero attached hydrogens (tertiary/aromatic N) is 4. The predicted octanol–water partition coefficient (Wildman–Crippen LogP) is 1.98. The van der Waals surface area contributed by atoms with Gasteiger partial charge in [0.05, 0.1) is 6.20 Å². The maximum absolute atomic E-state index is 11.9. The summed E-state index contributed by atoms with van der Waals surface area (Å²) in [6.45, 7) is 5.26. The van der Waals surface area contributed by atoms with Gasteiger partial charge < -0.3 is 10.0 Å². The van der Waals surface area contributed by atoms with Crippen LogP contribution in [0.15, 0.2) is 30.7 Å². The zero-order valence-electron chi connectivity index (χ0n) is 12.9. The summed E-state index contributed by atoms with van der Waals surface area (Å²) in [5.74, 6) is -0.804. The van der Waals surface area contributed by atoms with Crippen LogP contribution in [0.1, 0.15) is 24.1 Å². The lowest BCUT2D eigenvalue weighted by Gasteiger charge is -2.40. The zero-order valence-corrected chi connectivity index (χ0v) is 12.9. The molecule has 1 aliphatic heterocycles. The fourth-order valence-electron chi connectivity index (χ4n) is 3.05. The molecule has 3 heterocycles. The number of hydrogen-bond acceptors (Lipinski definition) is 4. The zero-order chi connectivity index (χ0) is 15.7. The lowest BCUT2D eigenvalue weighted by molar-refractivity contribution is -0.149. The normalized spacial score (nSPS) is 17.5. The van der Waals surface area contributed by atoms with Crippen LogP contribution in [0, 0.1) is 13.8 Å². The van der Waals surface area contributed by atoms with Crippen LogP contribution in [0.5, 0.6) is 0 Å². The molecule has 0 aliphatic carbocycles. The van der Waals surface area contributed by atoms with Gasteiger partial charge in [0, 0.05) is 49.7 Å². The fourth-order valence-corrected chi connectivity index (χ4v) is 3.05. The van der Waals surface area contributed by atoms with Gasteiger partial charge in [-0.25, -0.2) is 4.79 Å². The Morgan fingerprint density at radius 1 is 1.32 bits per heavy atom. The second-order valence-electron chi connectivity index (χ2n) is 5.94. The fraction of sp³-hybridized carbons (Fsp3) is 0.438. The van der Waals surface area contributed by atoms with E-state index in [1.165, 1.54) is 0 Å². The molecule has 1 N–H and O–H groups in total. The topological polar surface area (TPSA) is 71.2 Å². The molecular formula is C16H20N4O2. The minimum absolute atomic E-state index is 0.533. The molecule has 0 unspecified atom stereocenters. The highest BCUT2D eigenvalue weighted by atomic mass is 16.4. The van der Waals surface area contributed by atoms with E-state index in [0.717, 1.165) is 16.9 Å². The van der Waals surface area contributed by atoms with E-state index < -0.39 is 11.5 Å². The molecule has 0 radical (unpaired) electrons. The Balaban J connectivity index is 1.83. The first-order valence-corrected chi connectivity index (χ1v) is 7.44. The number of aryl methyl sites for hydroxylation is 2. The summed E-state index contributed by atoms with van der Waals surface area (Å²) in [7, 11) is 0. The molecule has 0 aromatic carbocycles. The van der Waals surface area contributed by atoms with Gasteiger partial charge in [0.2, 0.25) is 0 Å². The number of anilines is 1. The SMILES string of the molecule is Cc1cnn(C2(C(=O)O)CCN(c3ccnc(C)c3)CC2)c1. The van der Waals surface area contributed by atoms with Crippen molar-refractivity contribution in [3.05, 3.63) is 42.0 Å². The Bertz CT molecular complexity index is 687. The summed E-state index contributed by atoms with van der Waals surface area (Å²) in [6.07, 6.45) is 6.39. The van der Waals surface area contributed by atoms with E-state index in [1.807, 2.05) is 32.2 Å². The predicted molar refractivity (Wildman–Crippen MR) is 83.0 cm³/mol. The smallest absolute Gasteiger partial charge is 0.331 e. The first-order valence-electron chi connectivity index (χ1n) is 7.44. The third kappa shape index (κ3) is 2.45. The summed E-state index contributed by atoms with van der Waals surface area (Å²) < 4.78 is 1.62. The van der Waals surface area contributed by atoms with Crippen molar-refractivity contribution in [2.24, 2.45) is 0 Å². The molecule has 3 rings (SSSR count). The van der Waals surface area contributed by atoms with Gasteiger partial charge >= 0.3 is 5.97 Å². The molecule has 1 saturated heterocycles. The van der Waals surface area contributed by atoms with Gasteiger partial charge in [-0.2, -0.15) is 5.10 Å². The molecule has 116 valence electrons. The van der Waals surface area contributed by atoms with Crippen molar-refractivity contribution in [3.8, 4) is 0 Å². The highest BCUT2D eigenvalue weighted by molar-refractivity contribution is 5.77. The minimum atomic E-state index is -0.938. The Morgan fingerprint density at radius 3 is 2.59 bits per heavy atom. The average Bonchev–Trinajstić information content (AvgIpc) is 2.94. The summed E-state index contributed by atoms with van der Waals surface area (Å²) in [4.78, 5) is 18.3. The Morgan fingerprint density at radius 2 is 2.05 bits per heavy atom. The van der Waals surface area contributed by atoms with Gasteiger partial charge in [-0.15, -0.1) is 0 Å². The van der Waals surface area contributed by atoms with Crippen LogP contribution in [-0.4, -0.2) is 38.9 Å². The molecule has 0 bridgehead atoms. The summed E-state index contributed by atoms with van der Waals surface area (Å²) in [6, 6.07) is 4.00. The number of pyridine rings is 1. The highest BCUT2D eigenvalue weighted by Crippen LogP contribution is 2.32. The summed E-state index contributed by atoms with van der Waals surface area (Å²) in [5.41, 5.74) is 2.11. The Hall–Kier alpha value is -2.37. The average molecular weight is 300 g/mol. The molecule has 0 saturated carbocycles. The van der Waals surface area contributed by atoms with Gasteiger partial charge in [-0.05, 0) is 31.5 Å². The van der Waals surface area contributed by atoms with Gasteiger partial charge in [-0.1, -0.05) is 0 Å². The van der Waals surface area contributed by atoms with Crippen LogP contribution in [0.2, 0.25) is 0 Å². The van der Waals surface area contributed by atoms with Gasteiger partial charge in [-0.3, -0.25) is 9.67 Å². The van der Waals surface area contributed by atoms with Gasteiger partial charge in [0.15, 0.2) is 5.54 Å². The van der Waals surface area contributed by atoms with Crippen molar-refractivity contribution >= 4 is 11.7 Å². The molecule has 1 aliphatic rings. The maximum atomic E-state index is 11.9. The largest absolute Gasteiger partial charge is 0.479 e. The van der Waals surface area contributed by atoms with E-state index in [1.54, 1.807) is 17.1 Å². The third-order valence-electron chi connectivity index (χ3n) is 4.38. The van der Waals surface area contributed by atoms with Crippen LogP contribution in [0.3, 0.4) is 0 Å².